The molecule has 4 rings (SSSR count). The second-order valence-electron chi connectivity index (χ2n) is 7.31. The van der Waals surface area contributed by atoms with Gasteiger partial charge in [0.1, 0.15) is 6.10 Å². The van der Waals surface area contributed by atoms with Crippen molar-refractivity contribution in [2.45, 2.75) is 18.9 Å². The van der Waals surface area contributed by atoms with Crippen molar-refractivity contribution >= 4 is 17.5 Å². The molecular weight excluding hydrogens is 346 g/mol. The first-order valence-electron chi connectivity index (χ1n) is 9.81. The number of hydrogen-bond donors (Lipinski definition) is 0. The third kappa shape index (κ3) is 4.15. The summed E-state index contributed by atoms with van der Waals surface area (Å²) in [6, 6.07) is 8.13. The molecule has 7 heteroatoms. The number of amides is 2. The Labute approximate surface area is 159 Å². The molecule has 2 saturated heterocycles. The van der Waals surface area contributed by atoms with Crippen molar-refractivity contribution in [3.8, 4) is 0 Å². The third-order valence-corrected chi connectivity index (χ3v) is 5.52. The molecule has 0 aromatic heterocycles. The van der Waals surface area contributed by atoms with Crippen LogP contribution in [0, 0.1) is 0 Å². The van der Waals surface area contributed by atoms with Crippen LogP contribution in [0.4, 0.5) is 5.69 Å². The molecule has 27 heavy (non-hydrogen) atoms. The lowest BCUT2D eigenvalue weighted by Crippen LogP contribution is -2.55. The van der Waals surface area contributed by atoms with Crippen LogP contribution >= 0.6 is 0 Å². The Morgan fingerprint density at radius 3 is 2.70 bits per heavy atom. The zero-order valence-electron chi connectivity index (χ0n) is 15.6. The van der Waals surface area contributed by atoms with Gasteiger partial charge in [-0.15, -0.1) is 0 Å². The van der Waals surface area contributed by atoms with Gasteiger partial charge in [0.25, 0.3) is 5.91 Å². The van der Waals surface area contributed by atoms with E-state index in [1.165, 1.54) is 5.56 Å². The highest BCUT2D eigenvalue weighted by Gasteiger charge is 2.32. The summed E-state index contributed by atoms with van der Waals surface area (Å²) in [4.78, 5) is 31.4. The van der Waals surface area contributed by atoms with E-state index in [-0.39, 0.29) is 11.8 Å². The lowest BCUT2D eigenvalue weighted by molar-refractivity contribution is -0.154. The standard InChI is InChI=1S/C20H27N3O4/c24-19(23-7-3-5-16-4-1-2-6-17(16)23)15-21-8-13-27-18(14-21)20(25)22-9-11-26-12-10-22/h1-2,4,6,18H,3,5,7-15H2. The number of fused-ring (bicyclic) bond motifs is 1. The fraction of sp³-hybridized carbons (Fsp3) is 0.600. The Kier molecular flexibility index (Phi) is 5.71. The first kappa shape index (κ1) is 18.4. The Bertz CT molecular complexity index is 690. The fourth-order valence-electron chi connectivity index (χ4n) is 4.05. The van der Waals surface area contributed by atoms with Gasteiger partial charge in [-0.1, -0.05) is 18.2 Å². The Hall–Kier alpha value is -1.96. The van der Waals surface area contributed by atoms with E-state index >= 15 is 0 Å². The molecule has 0 saturated carbocycles. The van der Waals surface area contributed by atoms with Crippen LogP contribution < -0.4 is 4.90 Å². The molecule has 1 aromatic rings. The number of para-hydroxylation sites is 1. The van der Waals surface area contributed by atoms with Crippen LogP contribution in [0.5, 0.6) is 0 Å². The van der Waals surface area contributed by atoms with E-state index in [4.69, 9.17) is 9.47 Å². The largest absolute Gasteiger partial charge is 0.378 e. The molecule has 3 aliphatic rings. The smallest absolute Gasteiger partial charge is 0.253 e. The van der Waals surface area contributed by atoms with E-state index in [1.807, 2.05) is 28.0 Å². The predicted octanol–water partition coefficient (Wildman–Crippen LogP) is 0.525. The quantitative estimate of drug-likeness (QED) is 0.773. The van der Waals surface area contributed by atoms with Crippen molar-refractivity contribution in [3.05, 3.63) is 29.8 Å². The Morgan fingerprint density at radius 2 is 1.85 bits per heavy atom. The molecule has 0 bridgehead atoms. The number of nitrogens with zero attached hydrogens (tertiary/aromatic N) is 3. The molecule has 1 atom stereocenters. The molecule has 0 radical (unpaired) electrons. The number of carbonyl (C=O) groups is 2. The number of rotatable bonds is 3. The number of aryl methyl sites for hydroxylation is 1. The van der Waals surface area contributed by atoms with Gasteiger partial charge < -0.3 is 19.3 Å². The monoisotopic (exact) mass is 373 g/mol. The molecule has 2 amide bonds. The highest BCUT2D eigenvalue weighted by Crippen LogP contribution is 2.27. The molecule has 0 spiro atoms. The average molecular weight is 373 g/mol. The van der Waals surface area contributed by atoms with Crippen LogP contribution in [0.3, 0.4) is 0 Å². The highest BCUT2D eigenvalue weighted by molar-refractivity contribution is 5.96. The minimum atomic E-state index is -0.488. The van der Waals surface area contributed by atoms with Crippen LogP contribution in [0.2, 0.25) is 0 Å². The van der Waals surface area contributed by atoms with Crippen LogP contribution in [0.25, 0.3) is 0 Å². The minimum absolute atomic E-state index is 0.0127. The number of hydrogen-bond acceptors (Lipinski definition) is 5. The van der Waals surface area contributed by atoms with Gasteiger partial charge in [0.2, 0.25) is 5.91 Å². The lowest BCUT2D eigenvalue weighted by atomic mass is 10.0. The van der Waals surface area contributed by atoms with E-state index in [2.05, 4.69) is 6.07 Å². The lowest BCUT2D eigenvalue weighted by Gasteiger charge is -2.37. The molecule has 0 aliphatic carbocycles. The van der Waals surface area contributed by atoms with Crippen molar-refractivity contribution in [1.29, 1.82) is 0 Å². The average Bonchev–Trinajstić information content (AvgIpc) is 2.73. The van der Waals surface area contributed by atoms with Crippen LogP contribution in [-0.4, -0.2) is 86.8 Å². The highest BCUT2D eigenvalue weighted by atomic mass is 16.5. The van der Waals surface area contributed by atoms with E-state index in [9.17, 15) is 9.59 Å². The van der Waals surface area contributed by atoms with E-state index in [1.54, 1.807) is 4.90 Å². The van der Waals surface area contributed by atoms with E-state index in [0.717, 1.165) is 25.1 Å². The summed E-state index contributed by atoms with van der Waals surface area (Å²) in [5.74, 6) is 0.111. The van der Waals surface area contributed by atoms with Gasteiger partial charge in [-0.2, -0.15) is 0 Å². The zero-order valence-corrected chi connectivity index (χ0v) is 15.6. The molecular formula is C20H27N3O4. The van der Waals surface area contributed by atoms with Gasteiger partial charge in [0, 0.05) is 38.4 Å². The topological polar surface area (TPSA) is 62.3 Å². The molecule has 1 unspecified atom stereocenters. The maximum atomic E-state index is 12.9. The summed E-state index contributed by atoms with van der Waals surface area (Å²) >= 11 is 0. The zero-order chi connectivity index (χ0) is 18.6. The van der Waals surface area contributed by atoms with E-state index in [0.29, 0.717) is 52.5 Å². The number of morpholine rings is 2. The maximum Gasteiger partial charge on any atom is 0.253 e. The van der Waals surface area contributed by atoms with Gasteiger partial charge in [-0.05, 0) is 24.5 Å². The normalized spacial score (nSPS) is 23.8. The summed E-state index contributed by atoms with van der Waals surface area (Å²) in [5, 5.41) is 0. The summed E-state index contributed by atoms with van der Waals surface area (Å²) < 4.78 is 11.0. The van der Waals surface area contributed by atoms with Crippen LogP contribution in [-0.2, 0) is 25.5 Å². The molecule has 3 aliphatic heterocycles. The summed E-state index contributed by atoms with van der Waals surface area (Å²) in [7, 11) is 0. The third-order valence-electron chi connectivity index (χ3n) is 5.52. The number of ether oxygens (including phenoxy) is 2. The molecule has 3 heterocycles. The molecule has 0 N–H and O–H groups in total. The van der Waals surface area contributed by atoms with Gasteiger partial charge in [0.15, 0.2) is 0 Å². The number of benzene rings is 1. The van der Waals surface area contributed by atoms with Crippen molar-refractivity contribution in [2.24, 2.45) is 0 Å². The first-order chi connectivity index (χ1) is 13.2. The predicted molar refractivity (Wildman–Crippen MR) is 101 cm³/mol. The van der Waals surface area contributed by atoms with Crippen LogP contribution in [0.1, 0.15) is 12.0 Å². The number of carbonyl (C=O) groups excluding carboxylic acids is 2. The molecule has 2 fully saturated rings. The van der Waals surface area contributed by atoms with Crippen molar-refractivity contribution < 1.29 is 19.1 Å². The summed E-state index contributed by atoms with van der Waals surface area (Å²) in [5.41, 5.74) is 2.27. The van der Waals surface area contributed by atoms with Gasteiger partial charge in [-0.25, -0.2) is 0 Å². The second-order valence-corrected chi connectivity index (χ2v) is 7.31. The van der Waals surface area contributed by atoms with Gasteiger partial charge in [-0.3, -0.25) is 14.5 Å². The molecule has 7 nitrogen and oxygen atoms in total. The van der Waals surface area contributed by atoms with Crippen molar-refractivity contribution in [3.63, 3.8) is 0 Å². The van der Waals surface area contributed by atoms with Gasteiger partial charge >= 0.3 is 0 Å². The van der Waals surface area contributed by atoms with Gasteiger partial charge in [0.05, 0.1) is 26.4 Å². The maximum absolute atomic E-state index is 12.9. The van der Waals surface area contributed by atoms with E-state index < -0.39 is 6.10 Å². The fourth-order valence-corrected chi connectivity index (χ4v) is 4.05. The van der Waals surface area contributed by atoms with Crippen LogP contribution in [0.15, 0.2) is 24.3 Å². The second kappa shape index (κ2) is 8.37. The summed E-state index contributed by atoms with van der Waals surface area (Å²) in [6.07, 6.45) is 1.52. The molecule has 146 valence electrons. The van der Waals surface area contributed by atoms with Crippen molar-refractivity contribution in [2.75, 3.05) is 64.0 Å². The SMILES string of the molecule is O=C(C1CN(CC(=O)N2CCCc3ccccc32)CCO1)N1CCOCC1. The first-order valence-corrected chi connectivity index (χ1v) is 9.81. The Balaban J connectivity index is 1.37. The minimum Gasteiger partial charge on any atom is -0.378 e. The molecule has 1 aromatic carbocycles. The Morgan fingerprint density at radius 1 is 1.04 bits per heavy atom. The number of anilines is 1. The summed E-state index contributed by atoms with van der Waals surface area (Å²) in [6.45, 7) is 5.09. The van der Waals surface area contributed by atoms with Crippen molar-refractivity contribution in [1.82, 2.24) is 9.80 Å².